The topological polar surface area (TPSA) is 97.2 Å². The van der Waals surface area contributed by atoms with Crippen LogP contribution in [0.1, 0.15) is 20.8 Å². The van der Waals surface area contributed by atoms with Crippen LogP contribution in [-0.4, -0.2) is 52.2 Å². The van der Waals surface area contributed by atoms with Crippen molar-refractivity contribution in [3.05, 3.63) is 54.6 Å². The van der Waals surface area contributed by atoms with Gasteiger partial charge in [0.15, 0.2) is 11.0 Å². The number of nitrogens with one attached hydrogen (secondary N) is 1. The first-order valence-corrected chi connectivity index (χ1v) is 12.8. The molecule has 3 rings (SSSR count). The molecule has 0 unspecified atom stereocenters. The van der Waals surface area contributed by atoms with Crippen molar-refractivity contribution >= 4 is 33.4 Å². The molecule has 0 radical (unpaired) electrons. The van der Waals surface area contributed by atoms with E-state index in [0.717, 1.165) is 11.4 Å². The van der Waals surface area contributed by atoms with Crippen LogP contribution < -0.4 is 5.32 Å². The number of sulfonamides is 1. The monoisotopic (exact) mass is 473 g/mol. The van der Waals surface area contributed by atoms with Crippen molar-refractivity contribution < 1.29 is 13.2 Å². The maximum absolute atomic E-state index is 12.7. The molecule has 170 valence electrons. The quantitative estimate of drug-likeness (QED) is 0.451. The largest absolute Gasteiger partial charge is 0.325 e. The van der Waals surface area contributed by atoms with Gasteiger partial charge in [-0.05, 0) is 25.1 Å². The molecule has 1 N–H and O–H groups in total. The molecular weight excluding hydrogens is 446 g/mol. The van der Waals surface area contributed by atoms with E-state index in [1.165, 1.54) is 28.2 Å². The Morgan fingerprint density at radius 2 is 1.75 bits per heavy atom. The van der Waals surface area contributed by atoms with Crippen molar-refractivity contribution in [2.75, 3.05) is 24.2 Å². The number of anilines is 1. The van der Waals surface area contributed by atoms with Gasteiger partial charge in [0.2, 0.25) is 15.9 Å². The van der Waals surface area contributed by atoms with E-state index in [-0.39, 0.29) is 16.6 Å². The average Bonchev–Trinajstić information content (AvgIpc) is 3.22. The van der Waals surface area contributed by atoms with Gasteiger partial charge in [0.1, 0.15) is 0 Å². The molecule has 0 atom stereocenters. The highest BCUT2D eigenvalue weighted by atomic mass is 32.2. The van der Waals surface area contributed by atoms with E-state index in [4.69, 9.17) is 0 Å². The second-order valence-corrected chi connectivity index (χ2v) is 9.75. The van der Waals surface area contributed by atoms with E-state index in [2.05, 4.69) is 15.5 Å². The van der Waals surface area contributed by atoms with E-state index >= 15 is 0 Å². The molecule has 0 bridgehead atoms. The molecule has 0 saturated carbocycles. The lowest BCUT2D eigenvalue weighted by Crippen LogP contribution is -2.30. The van der Waals surface area contributed by atoms with Crippen molar-refractivity contribution in [2.24, 2.45) is 0 Å². The maximum Gasteiger partial charge on any atom is 0.243 e. The lowest BCUT2D eigenvalue weighted by Gasteiger charge is -2.18. The van der Waals surface area contributed by atoms with Crippen LogP contribution in [0.4, 0.5) is 5.69 Å². The molecule has 10 heteroatoms. The minimum absolute atomic E-state index is 0.125. The van der Waals surface area contributed by atoms with Crippen molar-refractivity contribution in [2.45, 2.75) is 37.4 Å². The zero-order valence-electron chi connectivity index (χ0n) is 18.4. The highest BCUT2D eigenvalue weighted by molar-refractivity contribution is 7.99. The van der Waals surface area contributed by atoms with Crippen LogP contribution in [-0.2, 0) is 21.4 Å². The highest BCUT2D eigenvalue weighted by Crippen LogP contribution is 2.24. The second kappa shape index (κ2) is 10.8. The standard InChI is InChI=1S/C22H27N5O3S2/c1-4-26(5-2)32(29,30)19-14-10-13-18(15-19)23-20(28)16-31-22-25-24-21(27(22)6-3)17-11-8-7-9-12-17/h7-15H,4-6,16H2,1-3H3,(H,23,28). The molecule has 1 aromatic heterocycles. The summed E-state index contributed by atoms with van der Waals surface area (Å²) in [5.41, 5.74) is 1.40. The number of nitrogens with zero attached hydrogens (tertiary/aromatic N) is 4. The maximum atomic E-state index is 12.7. The Bertz CT molecular complexity index is 1160. The number of carbonyl (C=O) groups is 1. The molecule has 0 aliphatic rings. The Balaban J connectivity index is 1.68. The van der Waals surface area contributed by atoms with Gasteiger partial charge in [-0.15, -0.1) is 10.2 Å². The van der Waals surface area contributed by atoms with Gasteiger partial charge in [-0.3, -0.25) is 4.79 Å². The Morgan fingerprint density at radius 1 is 1.03 bits per heavy atom. The predicted molar refractivity (Wildman–Crippen MR) is 127 cm³/mol. The van der Waals surface area contributed by atoms with Crippen LogP contribution in [0, 0.1) is 0 Å². The van der Waals surface area contributed by atoms with Gasteiger partial charge in [-0.2, -0.15) is 4.31 Å². The van der Waals surface area contributed by atoms with Crippen LogP contribution in [0.5, 0.6) is 0 Å². The van der Waals surface area contributed by atoms with Gasteiger partial charge in [0.25, 0.3) is 0 Å². The number of benzene rings is 2. The Hall–Kier alpha value is -2.69. The summed E-state index contributed by atoms with van der Waals surface area (Å²) in [6, 6.07) is 16.1. The summed E-state index contributed by atoms with van der Waals surface area (Å²) in [7, 11) is -3.59. The van der Waals surface area contributed by atoms with Crippen molar-refractivity contribution in [3.63, 3.8) is 0 Å². The molecule has 1 heterocycles. The van der Waals surface area contributed by atoms with Crippen LogP contribution in [0.25, 0.3) is 11.4 Å². The number of aromatic nitrogens is 3. The van der Waals surface area contributed by atoms with Crippen molar-refractivity contribution in [1.82, 2.24) is 19.1 Å². The van der Waals surface area contributed by atoms with Gasteiger partial charge in [-0.1, -0.05) is 62.0 Å². The summed E-state index contributed by atoms with van der Waals surface area (Å²) in [5, 5.41) is 11.9. The van der Waals surface area contributed by atoms with Crippen LogP contribution in [0.3, 0.4) is 0 Å². The lowest BCUT2D eigenvalue weighted by molar-refractivity contribution is -0.113. The normalized spacial score (nSPS) is 11.6. The van der Waals surface area contributed by atoms with Gasteiger partial charge in [0, 0.05) is 30.9 Å². The van der Waals surface area contributed by atoms with Crippen LogP contribution in [0.2, 0.25) is 0 Å². The third-order valence-electron chi connectivity index (χ3n) is 4.86. The average molecular weight is 474 g/mol. The van der Waals surface area contributed by atoms with Gasteiger partial charge < -0.3 is 9.88 Å². The minimum atomic E-state index is -3.59. The smallest absolute Gasteiger partial charge is 0.243 e. The number of rotatable bonds is 10. The van der Waals surface area contributed by atoms with Gasteiger partial charge >= 0.3 is 0 Å². The molecule has 8 nitrogen and oxygen atoms in total. The third kappa shape index (κ3) is 5.37. The first kappa shape index (κ1) is 24.0. The zero-order chi connectivity index (χ0) is 23.1. The molecular formula is C22H27N5O3S2. The van der Waals surface area contributed by atoms with Crippen molar-refractivity contribution in [1.29, 1.82) is 0 Å². The van der Waals surface area contributed by atoms with E-state index in [0.29, 0.717) is 30.5 Å². The Kier molecular flexibility index (Phi) is 8.05. The molecule has 0 spiro atoms. The lowest BCUT2D eigenvalue weighted by atomic mass is 10.2. The zero-order valence-corrected chi connectivity index (χ0v) is 20.0. The molecule has 0 saturated heterocycles. The van der Waals surface area contributed by atoms with Gasteiger partial charge in [-0.25, -0.2) is 8.42 Å². The van der Waals surface area contributed by atoms with E-state index in [1.54, 1.807) is 26.0 Å². The van der Waals surface area contributed by atoms with Crippen molar-refractivity contribution in [3.8, 4) is 11.4 Å². The number of hydrogen-bond acceptors (Lipinski definition) is 6. The second-order valence-electron chi connectivity index (χ2n) is 6.87. The number of carbonyl (C=O) groups excluding carboxylic acids is 1. The molecule has 0 aliphatic heterocycles. The van der Waals surface area contributed by atoms with E-state index in [9.17, 15) is 13.2 Å². The van der Waals surface area contributed by atoms with Gasteiger partial charge in [0.05, 0.1) is 10.6 Å². The summed E-state index contributed by atoms with van der Waals surface area (Å²) in [6.45, 7) is 7.03. The van der Waals surface area contributed by atoms with Crippen LogP contribution >= 0.6 is 11.8 Å². The first-order chi connectivity index (χ1) is 15.4. The summed E-state index contributed by atoms with van der Waals surface area (Å²) in [5.74, 6) is 0.629. The Labute approximate surface area is 193 Å². The molecule has 2 aromatic carbocycles. The summed E-state index contributed by atoms with van der Waals surface area (Å²) < 4.78 is 28.8. The fraction of sp³-hybridized carbons (Fsp3) is 0.318. The first-order valence-electron chi connectivity index (χ1n) is 10.4. The van der Waals surface area contributed by atoms with Crippen LogP contribution in [0.15, 0.2) is 64.6 Å². The molecule has 0 aliphatic carbocycles. The highest BCUT2D eigenvalue weighted by Gasteiger charge is 2.22. The fourth-order valence-electron chi connectivity index (χ4n) is 3.26. The predicted octanol–water partition coefficient (Wildman–Crippen LogP) is 3.73. The minimum Gasteiger partial charge on any atom is -0.325 e. The number of hydrogen-bond donors (Lipinski definition) is 1. The summed E-state index contributed by atoms with van der Waals surface area (Å²) >= 11 is 1.29. The molecule has 1 amide bonds. The summed E-state index contributed by atoms with van der Waals surface area (Å²) in [4.78, 5) is 12.7. The van der Waals surface area contributed by atoms with E-state index in [1.807, 2.05) is 41.8 Å². The SMILES string of the molecule is CCN(CC)S(=O)(=O)c1cccc(NC(=O)CSc2nnc(-c3ccccc3)n2CC)c1. The summed E-state index contributed by atoms with van der Waals surface area (Å²) in [6.07, 6.45) is 0. The third-order valence-corrected chi connectivity index (χ3v) is 7.87. The van der Waals surface area contributed by atoms with E-state index < -0.39 is 10.0 Å². The molecule has 32 heavy (non-hydrogen) atoms. The fourth-order valence-corrected chi connectivity index (χ4v) is 5.56. The number of amides is 1. The molecule has 3 aromatic rings. The Morgan fingerprint density at radius 3 is 2.41 bits per heavy atom. The molecule has 0 fully saturated rings. The number of thioether (sulfide) groups is 1.